The van der Waals surface area contributed by atoms with Crippen molar-refractivity contribution in [2.75, 3.05) is 0 Å². The van der Waals surface area contributed by atoms with Crippen LogP contribution in [0.4, 0.5) is 0 Å². The lowest BCUT2D eigenvalue weighted by Gasteiger charge is -2.27. The molecular formula is C23H24ClN7O2. The molecule has 0 saturated heterocycles. The minimum atomic E-state index is -0.554. The molecule has 0 N–H and O–H groups in total. The molecule has 0 bridgehead atoms. The second kappa shape index (κ2) is 7.91. The first kappa shape index (κ1) is 21.5. The fourth-order valence-corrected chi connectivity index (χ4v) is 4.73. The zero-order chi connectivity index (χ0) is 23.3. The number of aryl methyl sites for hydroxylation is 2. The predicted octanol–water partition coefficient (Wildman–Crippen LogP) is 4.05. The molecule has 0 aliphatic heterocycles. The summed E-state index contributed by atoms with van der Waals surface area (Å²) in [5.41, 5.74) is 3.70. The maximum atomic E-state index is 6.36. The Hall–Kier alpha value is -3.33. The summed E-state index contributed by atoms with van der Waals surface area (Å²) in [6.45, 7) is 8.06. The van der Waals surface area contributed by atoms with E-state index in [1.54, 1.807) is 19.3 Å². The Morgan fingerprint density at radius 1 is 1.30 bits per heavy atom. The van der Waals surface area contributed by atoms with Gasteiger partial charge in [0, 0.05) is 12.1 Å². The summed E-state index contributed by atoms with van der Waals surface area (Å²) in [7, 11) is 1.76. The Morgan fingerprint density at radius 3 is 2.82 bits per heavy atom. The largest absolute Gasteiger partial charge is 0.474 e. The third-order valence-electron chi connectivity index (χ3n) is 6.20. The number of tetrazole rings is 1. The molecule has 2 atom stereocenters. The van der Waals surface area contributed by atoms with E-state index in [0.717, 1.165) is 12.0 Å². The number of pyridine rings is 1. The number of aromatic nitrogens is 7. The zero-order valence-electron chi connectivity index (χ0n) is 19.1. The fraction of sp³-hybridized carbons (Fsp3) is 0.391. The van der Waals surface area contributed by atoms with Crippen LogP contribution in [0.1, 0.15) is 55.0 Å². The molecule has 1 unspecified atom stereocenters. The lowest BCUT2D eigenvalue weighted by molar-refractivity contribution is 0.233. The maximum Gasteiger partial charge on any atom is 0.259 e. The normalized spacial score (nSPS) is 19.8. The van der Waals surface area contributed by atoms with Crippen LogP contribution in [0.5, 0.6) is 5.88 Å². The summed E-state index contributed by atoms with van der Waals surface area (Å²) in [6, 6.07) is 8.01. The van der Waals surface area contributed by atoms with Gasteiger partial charge in [0.2, 0.25) is 5.88 Å². The van der Waals surface area contributed by atoms with Gasteiger partial charge in [-0.3, -0.25) is 0 Å². The Morgan fingerprint density at radius 2 is 2.12 bits per heavy atom. The van der Waals surface area contributed by atoms with Crippen LogP contribution < -0.4 is 4.74 Å². The van der Waals surface area contributed by atoms with Gasteiger partial charge in [-0.25, -0.2) is 4.98 Å². The van der Waals surface area contributed by atoms with E-state index < -0.39 is 5.41 Å². The lowest BCUT2D eigenvalue weighted by Crippen LogP contribution is -2.30. The van der Waals surface area contributed by atoms with E-state index in [1.165, 1.54) is 15.9 Å². The van der Waals surface area contributed by atoms with Crippen molar-refractivity contribution in [3.63, 3.8) is 0 Å². The summed E-state index contributed by atoms with van der Waals surface area (Å²) in [6.07, 6.45) is 2.34. The van der Waals surface area contributed by atoms with Gasteiger partial charge in [0.05, 0.1) is 24.1 Å². The molecule has 5 rings (SSSR count). The van der Waals surface area contributed by atoms with E-state index in [0.29, 0.717) is 34.0 Å². The van der Waals surface area contributed by atoms with E-state index in [1.807, 2.05) is 13.8 Å². The van der Waals surface area contributed by atoms with Gasteiger partial charge >= 0.3 is 0 Å². The molecule has 0 spiro atoms. The van der Waals surface area contributed by atoms with Gasteiger partial charge in [0.1, 0.15) is 5.02 Å². The fourth-order valence-electron chi connectivity index (χ4n) is 4.52. The van der Waals surface area contributed by atoms with Crippen LogP contribution in [0.25, 0.3) is 11.5 Å². The molecule has 0 fully saturated rings. The second-order valence-electron chi connectivity index (χ2n) is 8.80. The standard InChI is InChI=1S/C23H24ClN7O2/c1-12(2)32-21-18(24)9-14(11-25-21)20-26-19(29-33-20)17-10-15-13(3)7-6-8-16(15)23(17,4)22-27-30-31(5)28-22/h6-9,11-12,17H,10H2,1-5H3/t17?,23-/m0/s1. The Bertz CT molecular complexity index is 1330. The van der Waals surface area contributed by atoms with Gasteiger partial charge < -0.3 is 9.26 Å². The summed E-state index contributed by atoms with van der Waals surface area (Å²) in [5.74, 6) is 1.80. The lowest BCUT2D eigenvalue weighted by atomic mass is 9.75. The predicted molar refractivity (Wildman–Crippen MR) is 121 cm³/mol. The highest BCUT2D eigenvalue weighted by atomic mass is 35.5. The Balaban J connectivity index is 1.55. The van der Waals surface area contributed by atoms with E-state index in [4.69, 9.17) is 25.8 Å². The molecule has 0 saturated carbocycles. The molecule has 0 amide bonds. The van der Waals surface area contributed by atoms with Gasteiger partial charge in [0.15, 0.2) is 11.6 Å². The number of hydrogen-bond donors (Lipinski definition) is 0. The highest BCUT2D eigenvalue weighted by molar-refractivity contribution is 6.32. The molecule has 1 aromatic carbocycles. The van der Waals surface area contributed by atoms with Crippen molar-refractivity contribution in [3.05, 3.63) is 63.8 Å². The van der Waals surface area contributed by atoms with E-state index in [2.05, 4.69) is 57.6 Å². The molecule has 3 aromatic heterocycles. The van der Waals surface area contributed by atoms with Crippen LogP contribution in [0.3, 0.4) is 0 Å². The van der Waals surface area contributed by atoms with Crippen molar-refractivity contribution in [1.82, 2.24) is 35.3 Å². The Kier molecular flexibility index (Phi) is 5.16. The third-order valence-corrected chi connectivity index (χ3v) is 6.47. The Labute approximate surface area is 196 Å². The van der Waals surface area contributed by atoms with Crippen LogP contribution in [-0.2, 0) is 18.9 Å². The number of nitrogens with zero attached hydrogens (tertiary/aromatic N) is 7. The third kappa shape index (κ3) is 3.56. The molecule has 0 radical (unpaired) electrons. The average Bonchev–Trinajstić information content (AvgIpc) is 3.48. The molecule has 9 nitrogen and oxygen atoms in total. The van der Waals surface area contributed by atoms with Crippen molar-refractivity contribution in [1.29, 1.82) is 0 Å². The van der Waals surface area contributed by atoms with E-state index >= 15 is 0 Å². The first-order valence-corrected chi connectivity index (χ1v) is 11.1. The maximum absolute atomic E-state index is 6.36. The quantitative estimate of drug-likeness (QED) is 0.434. The van der Waals surface area contributed by atoms with Crippen molar-refractivity contribution in [2.24, 2.45) is 7.05 Å². The minimum absolute atomic E-state index is 0.0318. The molecular weight excluding hydrogens is 442 g/mol. The first-order valence-electron chi connectivity index (χ1n) is 10.8. The number of halogens is 1. The monoisotopic (exact) mass is 465 g/mol. The minimum Gasteiger partial charge on any atom is -0.474 e. The number of rotatable bonds is 5. The van der Waals surface area contributed by atoms with Crippen LogP contribution in [0.15, 0.2) is 35.0 Å². The SMILES string of the molecule is Cc1cccc2c1CC(c1noc(-c3cnc(OC(C)C)c(Cl)c3)n1)[C@@]2(C)c1nnn(C)n1. The smallest absolute Gasteiger partial charge is 0.259 e. The summed E-state index contributed by atoms with van der Waals surface area (Å²) < 4.78 is 11.3. The van der Waals surface area contributed by atoms with Crippen LogP contribution in [-0.4, -0.2) is 41.4 Å². The highest BCUT2D eigenvalue weighted by Crippen LogP contribution is 2.51. The number of ether oxygens (including phenoxy) is 1. The zero-order valence-corrected chi connectivity index (χ0v) is 19.8. The van der Waals surface area contributed by atoms with Gasteiger partial charge in [-0.1, -0.05) is 35.0 Å². The molecule has 33 heavy (non-hydrogen) atoms. The first-order chi connectivity index (χ1) is 15.8. The van der Waals surface area contributed by atoms with Crippen molar-refractivity contribution < 1.29 is 9.26 Å². The second-order valence-corrected chi connectivity index (χ2v) is 9.21. The molecule has 170 valence electrons. The molecule has 3 heterocycles. The highest BCUT2D eigenvalue weighted by Gasteiger charge is 2.50. The molecule has 4 aromatic rings. The summed E-state index contributed by atoms with van der Waals surface area (Å²) in [4.78, 5) is 10.5. The van der Waals surface area contributed by atoms with Gasteiger partial charge in [-0.2, -0.15) is 9.78 Å². The van der Waals surface area contributed by atoms with Crippen LogP contribution in [0, 0.1) is 6.92 Å². The molecule has 1 aliphatic carbocycles. The van der Waals surface area contributed by atoms with Crippen LogP contribution in [0.2, 0.25) is 5.02 Å². The summed E-state index contributed by atoms with van der Waals surface area (Å²) in [5, 5.41) is 17.7. The number of fused-ring (bicyclic) bond motifs is 1. The van der Waals surface area contributed by atoms with Crippen molar-refractivity contribution in [3.8, 4) is 17.3 Å². The number of hydrogen-bond acceptors (Lipinski definition) is 8. The van der Waals surface area contributed by atoms with E-state index in [9.17, 15) is 0 Å². The van der Waals surface area contributed by atoms with Gasteiger partial charge in [0.25, 0.3) is 5.89 Å². The molecule has 10 heteroatoms. The van der Waals surface area contributed by atoms with Crippen molar-refractivity contribution in [2.45, 2.75) is 51.6 Å². The van der Waals surface area contributed by atoms with Gasteiger partial charge in [-0.15, -0.1) is 10.2 Å². The molecule has 1 aliphatic rings. The van der Waals surface area contributed by atoms with Gasteiger partial charge in [-0.05, 0) is 62.1 Å². The van der Waals surface area contributed by atoms with E-state index in [-0.39, 0.29) is 12.0 Å². The average molecular weight is 466 g/mol. The number of benzene rings is 1. The summed E-state index contributed by atoms with van der Waals surface area (Å²) >= 11 is 6.36. The topological polar surface area (TPSA) is 105 Å². The van der Waals surface area contributed by atoms with Crippen molar-refractivity contribution >= 4 is 11.6 Å². The van der Waals surface area contributed by atoms with Crippen LogP contribution >= 0.6 is 11.6 Å².